The average molecular weight is 156 g/mol. The first-order valence-electron chi connectivity index (χ1n) is 4.29. The van der Waals surface area contributed by atoms with Crippen LogP contribution in [-0.2, 0) is 4.79 Å². The van der Waals surface area contributed by atoms with Crippen LogP contribution in [-0.4, -0.2) is 18.0 Å². The van der Waals surface area contributed by atoms with Crippen LogP contribution in [0.15, 0.2) is 0 Å². The van der Waals surface area contributed by atoms with Gasteiger partial charge in [0, 0.05) is 12.5 Å². The lowest BCUT2D eigenvalue weighted by molar-refractivity contribution is -0.128. The van der Waals surface area contributed by atoms with Gasteiger partial charge >= 0.3 is 0 Å². The van der Waals surface area contributed by atoms with Gasteiger partial charge in [0.15, 0.2) is 0 Å². The Morgan fingerprint density at radius 2 is 2.45 bits per heavy atom. The van der Waals surface area contributed by atoms with Crippen LogP contribution < -0.4 is 11.1 Å². The normalized spacial score (nSPS) is 25.6. The van der Waals surface area contributed by atoms with Crippen molar-refractivity contribution in [1.82, 2.24) is 5.32 Å². The van der Waals surface area contributed by atoms with Crippen LogP contribution >= 0.6 is 0 Å². The molecule has 0 aromatic rings. The van der Waals surface area contributed by atoms with Crippen molar-refractivity contribution in [3.8, 4) is 0 Å². The average Bonchev–Trinajstić information content (AvgIpc) is 1.94. The molecule has 0 aromatic carbocycles. The molecule has 1 fully saturated rings. The Morgan fingerprint density at radius 1 is 1.82 bits per heavy atom. The van der Waals surface area contributed by atoms with Crippen LogP contribution in [0.5, 0.6) is 0 Å². The van der Waals surface area contributed by atoms with Crippen molar-refractivity contribution in [2.45, 2.75) is 44.7 Å². The first-order valence-corrected chi connectivity index (χ1v) is 4.29. The third-order valence-electron chi connectivity index (χ3n) is 2.16. The van der Waals surface area contributed by atoms with E-state index in [-0.39, 0.29) is 18.0 Å². The summed E-state index contributed by atoms with van der Waals surface area (Å²) in [7, 11) is 0. The summed E-state index contributed by atoms with van der Waals surface area (Å²) in [5.74, 6) is 0.141. The van der Waals surface area contributed by atoms with Crippen LogP contribution in [0, 0.1) is 0 Å². The Balaban J connectivity index is 2.10. The summed E-state index contributed by atoms with van der Waals surface area (Å²) in [4.78, 5) is 10.5. The highest BCUT2D eigenvalue weighted by molar-refractivity contribution is 5.83. The molecule has 1 heterocycles. The topological polar surface area (TPSA) is 55.1 Å². The lowest BCUT2D eigenvalue weighted by atomic mass is 9.94. The zero-order chi connectivity index (χ0) is 8.27. The van der Waals surface area contributed by atoms with Crippen molar-refractivity contribution in [2.24, 2.45) is 5.73 Å². The second kappa shape index (κ2) is 3.72. The summed E-state index contributed by atoms with van der Waals surface area (Å²) < 4.78 is 0. The van der Waals surface area contributed by atoms with E-state index in [9.17, 15) is 4.79 Å². The number of carbonyl (C=O) groups is 1. The van der Waals surface area contributed by atoms with E-state index in [4.69, 9.17) is 5.73 Å². The summed E-state index contributed by atoms with van der Waals surface area (Å²) >= 11 is 0. The van der Waals surface area contributed by atoms with E-state index in [0.717, 1.165) is 12.8 Å². The summed E-state index contributed by atoms with van der Waals surface area (Å²) in [6.45, 7) is 2.14. The van der Waals surface area contributed by atoms with Crippen LogP contribution in [0.25, 0.3) is 0 Å². The monoisotopic (exact) mass is 156 g/mol. The molecule has 0 aliphatic carbocycles. The highest BCUT2D eigenvalue weighted by Gasteiger charge is 2.29. The van der Waals surface area contributed by atoms with Gasteiger partial charge in [0.2, 0.25) is 5.91 Å². The molecule has 0 aromatic heterocycles. The van der Waals surface area contributed by atoms with Gasteiger partial charge in [0.25, 0.3) is 0 Å². The summed E-state index contributed by atoms with van der Waals surface area (Å²) in [6.07, 6.45) is 3.99. The SMILES string of the molecule is CCCC[C@H](N)C1CC(=O)N1. The van der Waals surface area contributed by atoms with Gasteiger partial charge in [-0.2, -0.15) is 0 Å². The minimum atomic E-state index is 0.141. The molecule has 1 amide bonds. The van der Waals surface area contributed by atoms with Gasteiger partial charge in [0.1, 0.15) is 0 Å². The van der Waals surface area contributed by atoms with Gasteiger partial charge < -0.3 is 11.1 Å². The lowest BCUT2D eigenvalue weighted by Crippen LogP contribution is -2.57. The van der Waals surface area contributed by atoms with E-state index in [0.29, 0.717) is 6.42 Å². The molecule has 1 unspecified atom stereocenters. The molecule has 64 valence electrons. The highest BCUT2D eigenvalue weighted by atomic mass is 16.2. The molecule has 1 rings (SSSR count). The number of nitrogens with two attached hydrogens (primary N) is 1. The van der Waals surface area contributed by atoms with Crippen LogP contribution in [0.3, 0.4) is 0 Å². The Kier molecular flexibility index (Phi) is 2.88. The second-order valence-corrected chi connectivity index (χ2v) is 3.18. The lowest BCUT2D eigenvalue weighted by Gasteiger charge is -2.32. The highest BCUT2D eigenvalue weighted by Crippen LogP contribution is 2.11. The molecule has 3 N–H and O–H groups in total. The van der Waals surface area contributed by atoms with Gasteiger partial charge in [-0.15, -0.1) is 0 Å². The molecule has 11 heavy (non-hydrogen) atoms. The first kappa shape index (κ1) is 8.53. The maximum atomic E-state index is 10.5. The van der Waals surface area contributed by atoms with E-state index >= 15 is 0 Å². The Hall–Kier alpha value is -0.570. The smallest absolute Gasteiger partial charge is 0.222 e. The van der Waals surface area contributed by atoms with E-state index in [2.05, 4.69) is 12.2 Å². The maximum Gasteiger partial charge on any atom is 0.222 e. The molecule has 3 heteroatoms. The number of nitrogens with one attached hydrogen (secondary N) is 1. The zero-order valence-electron chi connectivity index (χ0n) is 6.97. The molecular formula is C8H16N2O. The van der Waals surface area contributed by atoms with Crippen LogP contribution in [0.4, 0.5) is 0 Å². The molecule has 0 radical (unpaired) electrons. The molecule has 2 atom stereocenters. The molecule has 0 spiro atoms. The molecule has 0 saturated carbocycles. The fourth-order valence-electron chi connectivity index (χ4n) is 1.28. The number of amides is 1. The zero-order valence-corrected chi connectivity index (χ0v) is 6.97. The minimum Gasteiger partial charge on any atom is -0.351 e. The van der Waals surface area contributed by atoms with Crippen molar-refractivity contribution < 1.29 is 4.79 Å². The van der Waals surface area contributed by atoms with E-state index in [1.807, 2.05) is 0 Å². The predicted octanol–water partition coefficient (Wildman–Crippen LogP) is 0.392. The number of unbranched alkanes of at least 4 members (excludes halogenated alkanes) is 1. The quantitative estimate of drug-likeness (QED) is 0.579. The van der Waals surface area contributed by atoms with E-state index < -0.39 is 0 Å². The van der Waals surface area contributed by atoms with Gasteiger partial charge in [-0.3, -0.25) is 4.79 Å². The number of carbonyl (C=O) groups excluding carboxylic acids is 1. The van der Waals surface area contributed by atoms with Crippen LogP contribution in [0.2, 0.25) is 0 Å². The number of hydrogen-bond acceptors (Lipinski definition) is 2. The molecular weight excluding hydrogens is 140 g/mol. The van der Waals surface area contributed by atoms with E-state index in [1.54, 1.807) is 0 Å². The minimum absolute atomic E-state index is 0.141. The van der Waals surface area contributed by atoms with Crippen molar-refractivity contribution in [3.63, 3.8) is 0 Å². The largest absolute Gasteiger partial charge is 0.351 e. The molecule has 3 nitrogen and oxygen atoms in total. The van der Waals surface area contributed by atoms with Crippen molar-refractivity contribution in [1.29, 1.82) is 0 Å². The number of hydrogen-bond donors (Lipinski definition) is 2. The Morgan fingerprint density at radius 3 is 2.91 bits per heavy atom. The van der Waals surface area contributed by atoms with Gasteiger partial charge in [0.05, 0.1) is 6.04 Å². The predicted molar refractivity (Wildman–Crippen MR) is 44.0 cm³/mol. The third kappa shape index (κ3) is 2.19. The van der Waals surface area contributed by atoms with Crippen LogP contribution in [0.1, 0.15) is 32.6 Å². The fraction of sp³-hybridized carbons (Fsp3) is 0.875. The summed E-state index contributed by atoms with van der Waals surface area (Å²) in [5.41, 5.74) is 5.81. The third-order valence-corrected chi connectivity index (χ3v) is 2.16. The molecule has 1 aliphatic heterocycles. The van der Waals surface area contributed by atoms with E-state index in [1.165, 1.54) is 6.42 Å². The first-order chi connectivity index (χ1) is 5.24. The second-order valence-electron chi connectivity index (χ2n) is 3.18. The Bertz CT molecular complexity index is 139. The van der Waals surface area contributed by atoms with Crippen molar-refractivity contribution in [3.05, 3.63) is 0 Å². The van der Waals surface area contributed by atoms with Crippen molar-refractivity contribution in [2.75, 3.05) is 0 Å². The summed E-state index contributed by atoms with van der Waals surface area (Å²) in [5, 5.41) is 2.79. The maximum absolute atomic E-state index is 10.5. The molecule has 0 bridgehead atoms. The standard InChI is InChI=1S/C8H16N2O/c1-2-3-4-6(9)7-5-8(11)10-7/h6-7H,2-5,9H2,1H3,(H,10,11)/t6-,7?/m0/s1. The Labute approximate surface area is 67.3 Å². The van der Waals surface area contributed by atoms with Gasteiger partial charge in [-0.1, -0.05) is 19.8 Å². The van der Waals surface area contributed by atoms with Gasteiger partial charge in [-0.25, -0.2) is 0 Å². The van der Waals surface area contributed by atoms with Gasteiger partial charge in [-0.05, 0) is 6.42 Å². The summed E-state index contributed by atoms with van der Waals surface area (Å²) in [6, 6.07) is 0.432. The van der Waals surface area contributed by atoms with Crippen molar-refractivity contribution >= 4 is 5.91 Å². The fourth-order valence-corrected chi connectivity index (χ4v) is 1.28. The number of rotatable bonds is 4. The molecule has 1 saturated heterocycles. The number of β-lactam (4-membered cyclic amide) rings is 1. The molecule has 1 aliphatic rings.